The van der Waals surface area contributed by atoms with Crippen molar-refractivity contribution < 1.29 is 0 Å². The summed E-state index contributed by atoms with van der Waals surface area (Å²) >= 11 is 0. The molecule has 0 saturated carbocycles. The monoisotopic (exact) mass is 225 g/mol. The molecule has 3 nitrogen and oxygen atoms in total. The maximum atomic E-state index is 5.71. The van der Waals surface area contributed by atoms with E-state index in [-0.39, 0.29) is 0 Å². The van der Waals surface area contributed by atoms with Crippen LogP contribution in [0, 0.1) is 0 Å². The number of rotatable bonds is 2. The van der Waals surface area contributed by atoms with Crippen LogP contribution in [0.4, 0.5) is 0 Å². The van der Waals surface area contributed by atoms with Crippen molar-refractivity contribution in [3.8, 4) is 0 Å². The molecule has 3 heteroatoms. The van der Waals surface area contributed by atoms with E-state index in [0.717, 1.165) is 13.0 Å². The number of benzene rings is 1. The molecule has 0 bridgehead atoms. The zero-order valence-corrected chi connectivity index (χ0v) is 9.63. The summed E-state index contributed by atoms with van der Waals surface area (Å²) < 4.78 is 2.29. The topological polar surface area (TPSA) is 43.3 Å². The van der Waals surface area contributed by atoms with E-state index in [0.29, 0.717) is 6.54 Å². The molecule has 2 aromatic rings. The average Bonchev–Trinajstić information content (AvgIpc) is 2.55. The zero-order valence-electron chi connectivity index (χ0n) is 9.63. The third-order valence-corrected chi connectivity index (χ3v) is 3.19. The maximum absolute atomic E-state index is 5.71. The molecule has 1 aliphatic rings. The first-order valence-corrected chi connectivity index (χ1v) is 5.90. The summed E-state index contributed by atoms with van der Waals surface area (Å²) in [6, 6.07) is 8.49. The van der Waals surface area contributed by atoms with Gasteiger partial charge in [0.1, 0.15) is 0 Å². The summed E-state index contributed by atoms with van der Waals surface area (Å²) in [5.74, 6) is 0. The van der Waals surface area contributed by atoms with Crippen molar-refractivity contribution in [1.82, 2.24) is 4.57 Å². The van der Waals surface area contributed by atoms with E-state index >= 15 is 0 Å². The van der Waals surface area contributed by atoms with Gasteiger partial charge < -0.3 is 10.3 Å². The van der Waals surface area contributed by atoms with Gasteiger partial charge in [0.25, 0.3) is 0 Å². The zero-order chi connectivity index (χ0) is 11.7. The van der Waals surface area contributed by atoms with Crippen molar-refractivity contribution in [2.75, 3.05) is 6.54 Å². The van der Waals surface area contributed by atoms with Crippen LogP contribution in [-0.2, 0) is 13.0 Å². The Morgan fingerprint density at radius 3 is 3.06 bits per heavy atom. The van der Waals surface area contributed by atoms with Crippen LogP contribution in [0.5, 0.6) is 0 Å². The fourth-order valence-corrected chi connectivity index (χ4v) is 2.49. The molecule has 0 atom stereocenters. The number of nitrogens with two attached hydrogens (primary N) is 1. The summed E-state index contributed by atoms with van der Waals surface area (Å²) in [4.78, 5) is 4.22. The van der Waals surface area contributed by atoms with E-state index in [2.05, 4.69) is 39.9 Å². The van der Waals surface area contributed by atoms with E-state index < -0.39 is 0 Å². The van der Waals surface area contributed by atoms with Gasteiger partial charge in [-0.05, 0) is 17.7 Å². The van der Waals surface area contributed by atoms with E-state index in [1.807, 2.05) is 12.4 Å². The fourth-order valence-electron chi connectivity index (χ4n) is 2.49. The summed E-state index contributed by atoms with van der Waals surface area (Å²) in [5.41, 5.74) is 9.57. The minimum Gasteiger partial charge on any atom is -0.339 e. The Morgan fingerprint density at radius 1 is 1.29 bits per heavy atom. The number of para-hydroxylation sites is 1. The highest BCUT2D eigenvalue weighted by Gasteiger charge is 2.14. The number of nitrogens with zero attached hydrogens (tertiary/aromatic N) is 2. The van der Waals surface area contributed by atoms with E-state index in [9.17, 15) is 0 Å². The van der Waals surface area contributed by atoms with Crippen molar-refractivity contribution in [1.29, 1.82) is 0 Å². The molecule has 0 spiro atoms. The molecule has 0 fully saturated rings. The fraction of sp³-hybridized carbons (Fsp3) is 0.214. The second kappa shape index (κ2) is 4.18. The predicted molar refractivity (Wildman–Crippen MR) is 72.2 cm³/mol. The molecule has 0 aliphatic carbocycles. The van der Waals surface area contributed by atoms with Crippen LogP contribution >= 0.6 is 0 Å². The van der Waals surface area contributed by atoms with Crippen molar-refractivity contribution in [2.45, 2.75) is 13.0 Å². The van der Waals surface area contributed by atoms with Crippen molar-refractivity contribution in [3.05, 3.63) is 41.7 Å². The molecule has 17 heavy (non-hydrogen) atoms. The third-order valence-electron chi connectivity index (χ3n) is 3.19. The molecule has 0 unspecified atom stereocenters. The lowest BCUT2D eigenvalue weighted by molar-refractivity contribution is 0.727. The van der Waals surface area contributed by atoms with Gasteiger partial charge in [-0.3, -0.25) is 4.99 Å². The lowest BCUT2D eigenvalue weighted by atomic mass is 10.1. The van der Waals surface area contributed by atoms with Crippen LogP contribution in [0.15, 0.2) is 35.5 Å². The molecule has 86 valence electrons. The highest BCUT2D eigenvalue weighted by molar-refractivity contribution is 5.91. The van der Waals surface area contributed by atoms with Gasteiger partial charge in [0.15, 0.2) is 0 Å². The van der Waals surface area contributed by atoms with Gasteiger partial charge in [-0.15, -0.1) is 0 Å². The second-order valence-electron chi connectivity index (χ2n) is 4.17. The number of hydrogen-bond donors (Lipinski definition) is 1. The first-order chi connectivity index (χ1) is 8.42. The lowest BCUT2D eigenvalue weighted by Gasteiger charge is -2.06. The molecule has 2 N–H and O–H groups in total. The normalized spacial score (nSPS) is 13.9. The largest absolute Gasteiger partial charge is 0.339 e. The summed E-state index contributed by atoms with van der Waals surface area (Å²) in [7, 11) is 0. The van der Waals surface area contributed by atoms with Crippen molar-refractivity contribution in [2.24, 2.45) is 10.7 Å². The molecule has 1 aromatic heterocycles. The van der Waals surface area contributed by atoms with Gasteiger partial charge in [0.2, 0.25) is 0 Å². The van der Waals surface area contributed by atoms with E-state index in [1.165, 1.54) is 22.2 Å². The maximum Gasteiger partial charge on any atom is 0.0488 e. The number of hydrogen-bond acceptors (Lipinski definition) is 2. The minimum absolute atomic E-state index is 0.653. The molecule has 2 heterocycles. The van der Waals surface area contributed by atoms with Crippen molar-refractivity contribution in [3.63, 3.8) is 0 Å². The van der Waals surface area contributed by atoms with Gasteiger partial charge in [-0.2, -0.15) is 0 Å². The SMILES string of the molecule is NCCn1c2c(c3ccccc31)CC=NC=C2. The van der Waals surface area contributed by atoms with E-state index in [4.69, 9.17) is 5.73 Å². The Balaban J connectivity index is 2.33. The Bertz CT molecular complexity index is 605. The standard InChI is InChI=1S/C14H15N3/c15-7-10-17-13-4-2-1-3-11(13)12-5-8-16-9-6-14(12)17/h1-4,6,8-9H,5,7,10,15H2. The first kappa shape index (κ1) is 10.3. The Hall–Kier alpha value is -1.87. The smallest absolute Gasteiger partial charge is 0.0488 e. The highest BCUT2D eigenvalue weighted by Crippen LogP contribution is 2.28. The molecule has 0 radical (unpaired) electrons. The van der Waals surface area contributed by atoms with Gasteiger partial charge in [-0.1, -0.05) is 18.2 Å². The van der Waals surface area contributed by atoms with Gasteiger partial charge in [0, 0.05) is 48.5 Å². The van der Waals surface area contributed by atoms with Gasteiger partial charge in [0.05, 0.1) is 0 Å². The van der Waals surface area contributed by atoms with Gasteiger partial charge >= 0.3 is 0 Å². The molecule has 0 amide bonds. The van der Waals surface area contributed by atoms with Crippen molar-refractivity contribution >= 4 is 23.2 Å². The van der Waals surface area contributed by atoms with Crippen LogP contribution in [-0.4, -0.2) is 17.3 Å². The van der Waals surface area contributed by atoms with E-state index in [1.54, 1.807) is 0 Å². The summed E-state index contributed by atoms with van der Waals surface area (Å²) in [5, 5.41) is 1.31. The summed E-state index contributed by atoms with van der Waals surface area (Å²) in [6.45, 7) is 1.50. The van der Waals surface area contributed by atoms with Crippen LogP contribution in [0.1, 0.15) is 11.3 Å². The summed E-state index contributed by atoms with van der Waals surface area (Å²) in [6.07, 6.45) is 6.79. The first-order valence-electron chi connectivity index (χ1n) is 5.90. The number of fused-ring (bicyclic) bond motifs is 3. The second-order valence-corrected chi connectivity index (χ2v) is 4.17. The average molecular weight is 225 g/mol. The van der Waals surface area contributed by atoms with Crippen LogP contribution in [0.25, 0.3) is 17.0 Å². The lowest BCUT2D eigenvalue weighted by Crippen LogP contribution is -2.11. The highest BCUT2D eigenvalue weighted by atomic mass is 15.0. The van der Waals surface area contributed by atoms with Crippen LogP contribution in [0.2, 0.25) is 0 Å². The number of aromatic nitrogens is 1. The quantitative estimate of drug-likeness (QED) is 0.836. The Kier molecular flexibility index (Phi) is 2.53. The Morgan fingerprint density at radius 2 is 2.18 bits per heavy atom. The Labute approximate surface area is 100 Å². The minimum atomic E-state index is 0.653. The van der Waals surface area contributed by atoms with Crippen LogP contribution in [0.3, 0.4) is 0 Å². The van der Waals surface area contributed by atoms with Gasteiger partial charge in [-0.25, -0.2) is 0 Å². The predicted octanol–water partition coefficient (Wildman–Crippen LogP) is 2.20. The molecular formula is C14H15N3. The van der Waals surface area contributed by atoms with Crippen LogP contribution < -0.4 is 5.73 Å². The number of aliphatic imine (C=N–C) groups is 1. The molecular weight excluding hydrogens is 210 g/mol. The molecule has 3 rings (SSSR count). The molecule has 0 saturated heterocycles. The molecule has 1 aromatic carbocycles. The molecule has 1 aliphatic heterocycles. The third kappa shape index (κ3) is 1.59.